The lowest BCUT2D eigenvalue weighted by atomic mass is 10.2. The van der Waals surface area contributed by atoms with E-state index in [1.54, 1.807) is 12.1 Å². The van der Waals surface area contributed by atoms with Gasteiger partial charge in [-0.25, -0.2) is 4.39 Å². The van der Waals surface area contributed by atoms with E-state index in [0.29, 0.717) is 23.4 Å². The van der Waals surface area contributed by atoms with Crippen molar-refractivity contribution in [2.45, 2.75) is 18.9 Å². The second-order valence-corrected chi connectivity index (χ2v) is 4.19. The number of nitrogens with zero attached hydrogens (tertiary/aromatic N) is 2. The van der Waals surface area contributed by atoms with Crippen LogP contribution in [0.3, 0.4) is 0 Å². The van der Waals surface area contributed by atoms with E-state index in [4.69, 9.17) is 9.26 Å². The topological polar surface area (TPSA) is 60.2 Å². The van der Waals surface area contributed by atoms with Crippen LogP contribution in [0.25, 0.3) is 11.4 Å². The van der Waals surface area contributed by atoms with Crippen molar-refractivity contribution in [3.05, 3.63) is 24.0 Å². The van der Waals surface area contributed by atoms with E-state index in [-0.39, 0.29) is 5.75 Å². The molecule has 94 valence electrons. The lowest BCUT2D eigenvalue weighted by Gasteiger charge is -2.02. The minimum atomic E-state index is -0.416. The molecule has 5 nitrogen and oxygen atoms in total. The number of aromatic nitrogens is 2. The highest BCUT2D eigenvalue weighted by Crippen LogP contribution is 2.27. The number of anilines is 1. The summed E-state index contributed by atoms with van der Waals surface area (Å²) in [6.07, 6.45) is 2.25. The third-order valence-corrected chi connectivity index (χ3v) is 2.74. The van der Waals surface area contributed by atoms with Gasteiger partial charge in [-0.1, -0.05) is 5.16 Å². The monoisotopic (exact) mass is 249 g/mol. The van der Waals surface area contributed by atoms with Crippen molar-refractivity contribution >= 4 is 6.01 Å². The van der Waals surface area contributed by atoms with E-state index >= 15 is 0 Å². The normalized spacial score (nSPS) is 14.6. The number of ether oxygens (including phenoxy) is 1. The Kier molecular flexibility index (Phi) is 2.62. The van der Waals surface area contributed by atoms with Crippen molar-refractivity contribution in [1.29, 1.82) is 0 Å². The van der Waals surface area contributed by atoms with Crippen molar-refractivity contribution in [2.24, 2.45) is 0 Å². The maximum absolute atomic E-state index is 13.3. The summed E-state index contributed by atoms with van der Waals surface area (Å²) >= 11 is 0. The van der Waals surface area contributed by atoms with Gasteiger partial charge in [0.15, 0.2) is 11.6 Å². The molecule has 1 aliphatic carbocycles. The highest BCUT2D eigenvalue weighted by molar-refractivity contribution is 5.58. The van der Waals surface area contributed by atoms with Gasteiger partial charge in [-0.2, -0.15) is 4.98 Å². The molecule has 1 saturated carbocycles. The van der Waals surface area contributed by atoms with Crippen LogP contribution in [-0.2, 0) is 0 Å². The summed E-state index contributed by atoms with van der Waals surface area (Å²) in [6.45, 7) is 0. The smallest absolute Gasteiger partial charge is 0.322 e. The maximum Gasteiger partial charge on any atom is 0.322 e. The molecule has 6 heteroatoms. The minimum absolute atomic E-state index is 0.161. The van der Waals surface area contributed by atoms with Crippen LogP contribution < -0.4 is 10.1 Å². The fraction of sp³-hybridized carbons (Fsp3) is 0.333. The standard InChI is InChI=1S/C12H12FN3O2/c1-17-10-6-7(2-5-9(10)13)11-15-12(18-16-11)14-8-3-4-8/h2,5-6,8H,3-4H2,1H3,(H,14,15,16). The van der Waals surface area contributed by atoms with Gasteiger partial charge in [0.25, 0.3) is 0 Å². The summed E-state index contributed by atoms with van der Waals surface area (Å²) < 4.78 is 23.2. The summed E-state index contributed by atoms with van der Waals surface area (Å²) in [4.78, 5) is 4.20. The Morgan fingerprint density at radius 3 is 3.00 bits per heavy atom. The number of methoxy groups -OCH3 is 1. The predicted molar refractivity (Wildman–Crippen MR) is 62.9 cm³/mol. The number of halogens is 1. The number of nitrogens with one attached hydrogen (secondary N) is 1. The predicted octanol–water partition coefficient (Wildman–Crippen LogP) is 2.46. The van der Waals surface area contributed by atoms with Crippen LogP contribution in [0.1, 0.15) is 12.8 Å². The fourth-order valence-electron chi connectivity index (χ4n) is 1.60. The molecular formula is C12H12FN3O2. The van der Waals surface area contributed by atoms with Gasteiger partial charge in [0.1, 0.15) is 0 Å². The van der Waals surface area contributed by atoms with Gasteiger partial charge in [-0.3, -0.25) is 0 Å². The summed E-state index contributed by atoms with van der Waals surface area (Å²) in [5, 5.41) is 6.95. The summed E-state index contributed by atoms with van der Waals surface area (Å²) in [6, 6.07) is 5.29. The second kappa shape index (κ2) is 4.29. The van der Waals surface area contributed by atoms with Crippen LogP contribution in [0.5, 0.6) is 5.75 Å². The lowest BCUT2D eigenvalue weighted by Crippen LogP contribution is -2.00. The first-order chi connectivity index (χ1) is 8.76. The van der Waals surface area contributed by atoms with E-state index in [2.05, 4.69) is 15.5 Å². The quantitative estimate of drug-likeness (QED) is 0.901. The van der Waals surface area contributed by atoms with Crippen molar-refractivity contribution in [3.63, 3.8) is 0 Å². The SMILES string of the molecule is COc1cc(-c2noc(NC3CC3)n2)ccc1F. The summed E-state index contributed by atoms with van der Waals surface area (Å²) in [5.41, 5.74) is 0.654. The average molecular weight is 249 g/mol. The van der Waals surface area contributed by atoms with E-state index in [0.717, 1.165) is 12.8 Å². The van der Waals surface area contributed by atoms with E-state index in [1.165, 1.54) is 13.2 Å². The van der Waals surface area contributed by atoms with Crippen molar-refractivity contribution in [1.82, 2.24) is 10.1 Å². The molecule has 1 N–H and O–H groups in total. The largest absolute Gasteiger partial charge is 0.494 e. The van der Waals surface area contributed by atoms with Crippen LogP contribution in [0.15, 0.2) is 22.7 Å². The molecule has 1 heterocycles. The third-order valence-electron chi connectivity index (χ3n) is 2.74. The van der Waals surface area contributed by atoms with Crippen LogP contribution in [-0.4, -0.2) is 23.3 Å². The molecule has 2 aromatic rings. The molecule has 1 aliphatic rings. The molecule has 1 aromatic carbocycles. The molecule has 0 aliphatic heterocycles. The van der Waals surface area contributed by atoms with Crippen LogP contribution >= 0.6 is 0 Å². The van der Waals surface area contributed by atoms with Gasteiger partial charge < -0.3 is 14.6 Å². The zero-order valence-electron chi connectivity index (χ0n) is 9.81. The molecule has 0 bridgehead atoms. The molecule has 0 unspecified atom stereocenters. The van der Waals surface area contributed by atoms with Crippen molar-refractivity contribution in [2.75, 3.05) is 12.4 Å². The van der Waals surface area contributed by atoms with E-state index in [9.17, 15) is 4.39 Å². The van der Waals surface area contributed by atoms with Crippen molar-refractivity contribution in [3.8, 4) is 17.1 Å². The van der Waals surface area contributed by atoms with Crippen LogP contribution in [0.2, 0.25) is 0 Å². The third kappa shape index (κ3) is 2.13. The first-order valence-electron chi connectivity index (χ1n) is 5.70. The molecule has 0 amide bonds. The van der Waals surface area contributed by atoms with E-state index < -0.39 is 5.82 Å². The molecule has 0 spiro atoms. The maximum atomic E-state index is 13.3. The Morgan fingerprint density at radius 1 is 1.44 bits per heavy atom. The molecular weight excluding hydrogens is 237 g/mol. The zero-order valence-corrected chi connectivity index (χ0v) is 9.81. The number of hydrogen-bond donors (Lipinski definition) is 1. The van der Waals surface area contributed by atoms with E-state index in [1.807, 2.05) is 0 Å². The van der Waals surface area contributed by atoms with Gasteiger partial charge in [-0.15, -0.1) is 0 Å². The lowest BCUT2D eigenvalue weighted by molar-refractivity contribution is 0.386. The highest BCUT2D eigenvalue weighted by atomic mass is 19.1. The Hall–Kier alpha value is -2.11. The molecule has 0 radical (unpaired) electrons. The number of benzene rings is 1. The molecule has 0 saturated heterocycles. The van der Waals surface area contributed by atoms with Gasteiger partial charge in [0, 0.05) is 11.6 Å². The summed E-state index contributed by atoms with van der Waals surface area (Å²) in [7, 11) is 1.42. The summed E-state index contributed by atoms with van der Waals surface area (Å²) in [5.74, 6) is 0.159. The minimum Gasteiger partial charge on any atom is -0.494 e. The molecule has 0 atom stereocenters. The molecule has 18 heavy (non-hydrogen) atoms. The van der Waals surface area contributed by atoms with Gasteiger partial charge >= 0.3 is 6.01 Å². The number of rotatable bonds is 4. The Balaban J connectivity index is 1.86. The van der Waals surface area contributed by atoms with Gasteiger partial charge in [0.2, 0.25) is 5.82 Å². The fourth-order valence-corrected chi connectivity index (χ4v) is 1.60. The molecule has 1 fully saturated rings. The first-order valence-corrected chi connectivity index (χ1v) is 5.70. The van der Waals surface area contributed by atoms with Crippen LogP contribution in [0, 0.1) is 5.82 Å². The Labute approximate surface area is 103 Å². The van der Waals surface area contributed by atoms with Gasteiger partial charge in [-0.05, 0) is 31.0 Å². The molecule has 3 rings (SSSR count). The zero-order chi connectivity index (χ0) is 12.5. The Bertz CT molecular complexity index is 566. The van der Waals surface area contributed by atoms with Gasteiger partial charge in [0.05, 0.1) is 7.11 Å². The van der Waals surface area contributed by atoms with Crippen LogP contribution in [0.4, 0.5) is 10.4 Å². The van der Waals surface area contributed by atoms with Crippen molar-refractivity contribution < 1.29 is 13.7 Å². The molecule has 1 aromatic heterocycles. The average Bonchev–Trinajstić information content (AvgIpc) is 3.06. The highest BCUT2D eigenvalue weighted by Gasteiger charge is 2.23. The number of hydrogen-bond acceptors (Lipinski definition) is 5. The Morgan fingerprint density at radius 2 is 2.28 bits per heavy atom. The first kappa shape index (κ1) is 11.0. The second-order valence-electron chi connectivity index (χ2n) is 4.19.